The summed E-state index contributed by atoms with van der Waals surface area (Å²) in [4.78, 5) is 38.1. The lowest BCUT2D eigenvalue weighted by Gasteiger charge is -2.29. The van der Waals surface area contributed by atoms with Crippen molar-refractivity contribution in [2.75, 3.05) is 11.9 Å². The van der Waals surface area contributed by atoms with Gasteiger partial charge in [0, 0.05) is 18.2 Å². The first-order chi connectivity index (χ1) is 15.3. The number of hydrogen-bond acceptors (Lipinski definition) is 4. The highest BCUT2D eigenvalue weighted by atomic mass is 19.3. The molecule has 3 rings (SSSR count). The quantitative estimate of drug-likeness (QED) is 0.494. The third-order valence-corrected chi connectivity index (χ3v) is 5.67. The first kappa shape index (κ1) is 24.2. The molecule has 1 aliphatic heterocycles. The fourth-order valence-corrected chi connectivity index (χ4v) is 3.26. The summed E-state index contributed by atoms with van der Waals surface area (Å²) in [7, 11) is 0. The standard InChI is InChI=1S/C23H24F3N3O4/c1-21(24,23(3,25)26)12-27-19(31)22(2,33)20(32)29-17-15-10-5-4-8-13(15)14-9-6-7-11-16(14)28-18(17)30/h4-11,17,33H,12H2,1-3H3,(H,27,31)(H,28,30)(H,29,32)/t17-,21?,22?/m0/s1. The minimum absolute atomic E-state index is 0.351. The van der Waals surface area contributed by atoms with Crippen molar-refractivity contribution in [2.45, 2.75) is 44.0 Å². The maximum absolute atomic E-state index is 14.1. The van der Waals surface area contributed by atoms with Crippen LogP contribution in [0.3, 0.4) is 0 Å². The summed E-state index contributed by atoms with van der Waals surface area (Å²) in [6.07, 6.45) is 0. The monoisotopic (exact) mass is 463 g/mol. The number of halogens is 3. The van der Waals surface area contributed by atoms with E-state index in [1.165, 1.54) is 0 Å². The van der Waals surface area contributed by atoms with E-state index in [-0.39, 0.29) is 0 Å². The molecule has 7 nitrogen and oxygen atoms in total. The number of nitrogens with one attached hydrogen (secondary N) is 3. The number of amides is 3. The van der Waals surface area contributed by atoms with Gasteiger partial charge in [-0.15, -0.1) is 0 Å². The number of aliphatic hydroxyl groups is 1. The van der Waals surface area contributed by atoms with E-state index in [0.717, 1.165) is 6.92 Å². The highest BCUT2D eigenvalue weighted by Gasteiger charge is 2.49. The van der Waals surface area contributed by atoms with Gasteiger partial charge in [-0.1, -0.05) is 42.5 Å². The van der Waals surface area contributed by atoms with Crippen LogP contribution < -0.4 is 16.0 Å². The number of carbonyl (C=O) groups excluding carboxylic acids is 3. The predicted octanol–water partition coefficient (Wildman–Crippen LogP) is 2.71. The van der Waals surface area contributed by atoms with Gasteiger partial charge in [0.15, 0.2) is 5.67 Å². The molecule has 33 heavy (non-hydrogen) atoms. The molecule has 4 N–H and O–H groups in total. The fraction of sp³-hybridized carbons (Fsp3) is 0.348. The Bertz CT molecular complexity index is 1100. The number of para-hydroxylation sites is 1. The van der Waals surface area contributed by atoms with Crippen molar-refractivity contribution in [3.63, 3.8) is 0 Å². The van der Waals surface area contributed by atoms with E-state index in [4.69, 9.17) is 0 Å². The molecule has 2 aromatic carbocycles. The first-order valence-corrected chi connectivity index (χ1v) is 10.1. The van der Waals surface area contributed by atoms with Crippen LogP contribution in [0.15, 0.2) is 48.5 Å². The fourth-order valence-electron chi connectivity index (χ4n) is 3.26. The largest absolute Gasteiger partial charge is 0.372 e. The molecule has 1 heterocycles. The Balaban J connectivity index is 1.83. The van der Waals surface area contributed by atoms with Crippen molar-refractivity contribution in [1.82, 2.24) is 10.6 Å². The Morgan fingerprint density at radius 2 is 1.55 bits per heavy atom. The zero-order valence-corrected chi connectivity index (χ0v) is 18.2. The van der Waals surface area contributed by atoms with Gasteiger partial charge in [-0.3, -0.25) is 14.4 Å². The molecule has 0 spiro atoms. The summed E-state index contributed by atoms with van der Waals surface area (Å²) in [5, 5.41) is 17.4. The molecule has 0 saturated carbocycles. The number of benzene rings is 2. The van der Waals surface area contributed by atoms with Crippen molar-refractivity contribution in [3.05, 3.63) is 54.1 Å². The van der Waals surface area contributed by atoms with Crippen molar-refractivity contribution >= 4 is 23.4 Å². The van der Waals surface area contributed by atoms with Crippen LogP contribution in [-0.2, 0) is 14.4 Å². The van der Waals surface area contributed by atoms with E-state index in [9.17, 15) is 32.7 Å². The summed E-state index contributed by atoms with van der Waals surface area (Å²) in [5.74, 6) is -7.03. The topological polar surface area (TPSA) is 108 Å². The second-order valence-electron chi connectivity index (χ2n) is 8.37. The van der Waals surface area contributed by atoms with E-state index in [2.05, 4.69) is 10.6 Å². The average Bonchev–Trinajstić information content (AvgIpc) is 2.86. The van der Waals surface area contributed by atoms with Gasteiger partial charge in [-0.05, 0) is 31.0 Å². The average molecular weight is 463 g/mol. The number of anilines is 1. The zero-order valence-electron chi connectivity index (χ0n) is 18.2. The van der Waals surface area contributed by atoms with Crippen LogP contribution in [0.1, 0.15) is 32.4 Å². The maximum Gasteiger partial charge on any atom is 0.280 e. The summed E-state index contributed by atoms with van der Waals surface area (Å²) in [6.45, 7) is 0.629. The number of rotatable bonds is 6. The lowest BCUT2D eigenvalue weighted by molar-refractivity contribution is -0.155. The molecular formula is C23H24F3N3O4. The normalized spacial score (nSPS) is 19.0. The molecule has 0 bridgehead atoms. The summed E-state index contributed by atoms with van der Waals surface area (Å²) in [6, 6.07) is 12.5. The number of alkyl halides is 3. The van der Waals surface area contributed by atoms with Crippen molar-refractivity contribution in [3.8, 4) is 11.1 Å². The molecular weight excluding hydrogens is 439 g/mol. The van der Waals surface area contributed by atoms with Crippen LogP contribution in [0.2, 0.25) is 0 Å². The zero-order chi connectivity index (χ0) is 24.6. The Labute approximate surface area is 188 Å². The Morgan fingerprint density at radius 3 is 2.18 bits per heavy atom. The molecule has 0 fully saturated rings. The first-order valence-electron chi connectivity index (χ1n) is 10.1. The minimum atomic E-state index is -3.77. The van der Waals surface area contributed by atoms with E-state index in [1.807, 2.05) is 5.32 Å². The van der Waals surface area contributed by atoms with Gasteiger partial charge in [-0.25, -0.2) is 13.2 Å². The Hall–Kier alpha value is -3.40. The van der Waals surface area contributed by atoms with Gasteiger partial charge < -0.3 is 21.1 Å². The molecule has 2 unspecified atom stereocenters. The second-order valence-corrected chi connectivity index (χ2v) is 8.37. The molecule has 3 atom stereocenters. The van der Waals surface area contributed by atoms with Crippen LogP contribution in [0.4, 0.5) is 18.9 Å². The van der Waals surface area contributed by atoms with Gasteiger partial charge in [-0.2, -0.15) is 0 Å². The Kier molecular flexibility index (Phi) is 6.25. The van der Waals surface area contributed by atoms with Gasteiger partial charge in [0.1, 0.15) is 6.04 Å². The predicted molar refractivity (Wildman–Crippen MR) is 115 cm³/mol. The van der Waals surface area contributed by atoms with E-state index >= 15 is 0 Å². The SMILES string of the molecule is CC(O)(C(=O)NCC(C)(F)C(C)(F)F)C(=O)N[C@@H]1C(=O)Nc2ccccc2-c2ccccc21. The molecule has 0 saturated heterocycles. The third kappa shape index (κ3) is 4.70. The van der Waals surface area contributed by atoms with Gasteiger partial charge in [0.2, 0.25) is 5.60 Å². The highest BCUT2D eigenvalue weighted by Crippen LogP contribution is 2.37. The smallest absolute Gasteiger partial charge is 0.280 e. The van der Waals surface area contributed by atoms with Crippen LogP contribution in [-0.4, -0.2) is 46.6 Å². The van der Waals surface area contributed by atoms with Crippen LogP contribution in [0.25, 0.3) is 11.1 Å². The third-order valence-electron chi connectivity index (χ3n) is 5.67. The Morgan fingerprint density at radius 1 is 0.970 bits per heavy atom. The van der Waals surface area contributed by atoms with Crippen molar-refractivity contribution in [1.29, 1.82) is 0 Å². The molecule has 1 aliphatic rings. The summed E-state index contributed by atoms with van der Waals surface area (Å²) in [5.41, 5.74) is -3.58. The summed E-state index contributed by atoms with van der Waals surface area (Å²) < 4.78 is 40.8. The van der Waals surface area contributed by atoms with Gasteiger partial charge >= 0.3 is 0 Å². The van der Waals surface area contributed by atoms with E-state index in [1.54, 1.807) is 48.5 Å². The van der Waals surface area contributed by atoms with Crippen molar-refractivity contribution < 1.29 is 32.7 Å². The minimum Gasteiger partial charge on any atom is -0.372 e. The number of carbonyl (C=O) groups is 3. The molecule has 0 aromatic heterocycles. The van der Waals surface area contributed by atoms with Crippen LogP contribution in [0.5, 0.6) is 0 Å². The molecule has 0 radical (unpaired) electrons. The second kappa shape index (κ2) is 8.51. The van der Waals surface area contributed by atoms with E-state index < -0.39 is 47.5 Å². The lowest BCUT2D eigenvalue weighted by Crippen LogP contribution is -2.59. The summed E-state index contributed by atoms with van der Waals surface area (Å²) >= 11 is 0. The highest BCUT2D eigenvalue weighted by molar-refractivity contribution is 6.10. The van der Waals surface area contributed by atoms with Gasteiger partial charge in [0.25, 0.3) is 23.6 Å². The molecule has 176 valence electrons. The molecule has 10 heteroatoms. The van der Waals surface area contributed by atoms with Crippen LogP contribution in [0, 0.1) is 0 Å². The molecule has 2 aromatic rings. The van der Waals surface area contributed by atoms with E-state index in [0.29, 0.717) is 36.2 Å². The molecule has 3 amide bonds. The number of hydrogen-bond donors (Lipinski definition) is 4. The number of fused-ring (bicyclic) bond motifs is 3. The maximum atomic E-state index is 14.1. The lowest BCUT2D eigenvalue weighted by atomic mass is 9.94. The van der Waals surface area contributed by atoms with Crippen molar-refractivity contribution in [2.24, 2.45) is 0 Å². The molecule has 0 aliphatic carbocycles. The van der Waals surface area contributed by atoms with Crippen LogP contribution >= 0.6 is 0 Å². The van der Waals surface area contributed by atoms with Gasteiger partial charge in [0.05, 0.1) is 6.54 Å².